The first-order valence-corrected chi connectivity index (χ1v) is 8.59. The van der Waals surface area contributed by atoms with Crippen molar-refractivity contribution in [3.8, 4) is 0 Å². The topological polar surface area (TPSA) is 66.8 Å². The average Bonchev–Trinajstić information content (AvgIpc) is 2.72. The Labute approximate surface area is 131 Å². The zero-order valence-electron chi connectivity index (χ0n) is 13.5. The molecule has 4 aliphatic rings. The zero-order valence-corrected chi connectivity index (χ0v) is 13.5. The van der Waals surface area contributed by atoms with E-state index in [1.165, 1.54) is 5.57 Å². The number of esters is 1. The van der Waals surface area contributed by atoms with Crippen molar-refractivity contribution in [2.75, 3.05) is 6.61 Å². The van der Waals surface area contributed by atoms with Crippen LogP contribution in [0.15, 0.2) is 11.6 Å². The Bertz CT molecular complexity index is 555. The molecule has 0 amide bonds. The van der Waals surface area contributed by atoms with Crippen LogP contribution in [-0.4, -0.2) is 34.5 Å². The minimum Gasteiger partial charge on any atom is -0.462 e. The molecule has 0 aromatic heterocycles. The van der Waals surface area contributed by atoms with Crippen molar-refractivity contribution < 1.29 is 19.7 Å². The molecule has 0 bridgehead atoms. The summed E-state index contributed by atoms with van der Waals surface area (Å²) in [5.41, 5.74) is -0.0835. The molecule has 1 heterocycles. The molecule has 3 fully saturated rings. The lowest BCUT2D eigenvalue weighted by Crippen LogP contribution is -2.62. The van der Waals surface area contributed by atoms with E-state index in [0.29, 0.717) is 25.4 Å². The van der Waals surface area contributed by atoms with Crippen LogP contribution in [0, 0.1) is 22.7 Å². The Morgan fingerprint density at radius 3 is 2.73 bits per heavy atom. The smallest absolute Gasteiger partial charge is 0.330 e. The normalized spacial score (nSPS) is 53.9. The highest BCUT2D eigenvalue weighted by Crippen LogP contribution is 2.65. The summed E-state index contributed by atoms with van der Waals surface area (Å²) < 4.78 is 5.34. The van der Waals surface area contributed by atoms with Crippen molar-refractivity contribution in [1.82, 2.24) is 0 Å². The van der Waals surface area contributed by atoms with Crippen molar-refractivity contribution in [2.24, 2.45) is 22.7 Å². The molecule has 22 heavy (non-hydrogen) atoms. The van der Waals surface area contributed by atoms with Crippen molar-refractivity contribution in [3.63, 3.8) is 0 Å². The van der Waals surface area contributed by atoms with Crippen LogP contribution < -0.4 is 0 Å². The molecule has 0 aromatic carbocycles. The molecule has 4 heteroatoms. The van der Waals surface area contributed by atoms with Gasteiger partial charge in [-0.25, -0.2) is 4.79 Å². The minimum absolute atomic E-state index is 0.137. The third-order valence-electron chi connectivity index (χ3n) is 7.68. The van der Waals surface area contributed by atoms with Crippen molar-refractivity contribution in [1.29, 1.82) is 0 Å². The van der Waals surface area contributed by atoms with Gasteiger partial charge in [-0.1, -0.05) is 19.4 Å². The van der Waals surface area contributed by atoms with E-state index in [0.717, 1.165) is 25.7 Å². The van der Waals surface area contributed by atoms with E-state index >= 15 is 0 Å². The third-order valence-corrected chi connectivity index (χ3v) is 7.68. The second-order valence-electron chi connectivity index (χ2n) is 8.38. The van der Waals surface area contributed by atoms with E-state index in [4.69, 9.17) is 4.74 Å². The van der Waals surface area contributed by atoms with Gasteiger partial charge < -0.3 is 14.9 Å². The minimum atomic E-state index is -0.772. The molecule has 1 aliphatic heterocycles. The molecule has 3 aliphatic carbocycles. The number of hydrogen-bond donors (Lipinski definition) is 2. The SMILES string of the molecule is C[C@]12COC(=O)C=C1CC[C@@H]1[C@@H]2CC[C@]2(C)[C@@H](O)CC[C@@]12O. The predicted octanol–water partition coefficient (Wildman–Crippen LogP) is 2.19. The summed E-state index contributed by atoms with van der Waals surface area (Å²) in [7, 11) is 0. The fraction of sp³-hybridized carbons (Fsp3) is 0.833. The Morgan fingerprint density at radius 1 is 1.18 bits per heavy atom. The van der Waals surface area contributed by atoms with Gasteiger partial charge in [0.25, 0.3) is 0 Å². The number of hydrogen-bond acceptors (Lipinski definition) is 4. The Hall–Kier alpha value is -0.870. The summed E-state index contributed by atoms with van der Waals surface area (Å²) in [5.74, 6) is 0.313. The zero-order chi connectivity index (χ0) is 15.8. The molecule has 2 N–H and O–H groups in total. The molecular weight excluding hydrogens is 280 g/mol. The number of aliphatic hydroxyl groups excluding tert-OH is 1. The summed E-state index contributed by atoms with van der Waals surface area (Å²) >= 11 is 0. The second-order valence-corrected chi connectivity index (χ2v) is 8.38. The number of ether oxygens (including phenoxy) is 1. The number of aliphatic hydroxyl groups is 2. The molecule has 0 aromatic rings. The molecule has 3 saturated carbocycles. The molecule has 0 radical (unpaired) electrons. The number of fused-ring (bicyclic) bond motifs is 5. The van der Waals surface area contributed by atoms with Crippen LogP contribution in [-0.2, 0) is 9.53 Å². The lowest BCUT2D eigenvalue weighted by molar-refractivity contribution is -0.198. The van der Waals surface area contributed by atoms with Gasteiger partial charge in [-0.2, -0.15) is 0 Å². The Kier molecular flexibility index (Phi) is 2.91. The molecule has 4 rings (SSSR count). The lowest BCUT2D eigenvalue weighted by Gasteiger charge is -2.60. The molecular formula is C18H26O4. The van der Waals surface area contributed by atoms with Gasteiger partial charge in [-0.15, -0.1) is 0 Å². The number of rotatable bonds is 0. The highest BCUT2D eigenvalue weighted by atomic mass is 16.5. The summed E-state index contributed by atoms with van der Waals surface area (Å²) in [6.07, 6.45) is 6.30. The third kappa shape index (κ3) is 1.58. The van der Waals surface area contributed by atoms with Crippen LogP contribution in [0.5, 0.6) is 0 Å². The Balaban J connectivity index is 1.74. The fourth-order valence-corrected chi connectivity index (χ4v) is 6.11. The maximum atomic E-state index is 11.6. The van der Waals surface area contributed by atoms with Gasteiger partial charge in [-0.05, 0) is 50.4 Å². The number of carbonyl (C=O) groups is 1. The van der Waals surface area contributed by atoms with Gasteiger partial charge in [-0.3, -0.25) is 0 Å². The molecule has 0 spiro atoms. The summed E-state index contributed by atoms with van der Waals surface area (Å²) in [4.78, 5) is 11.6. The van der Waals surface area contributed by atoms with Crippen LogP contribution in [0.25, 0.3) is 0 Å². The average molecular weight is 306 g/mol. The van der Waals surface area contributed by atoms with Gasteiger partial charge in [0.2, 0.25) is 0 Å². The van der Waals surface area contributed by atoms with Gasteiger partial charge in [0.15, 0.2) is 0 Å². The molecule has 122 valence electrons. The number of carbonyl (C=O) groups excluding carboxylic acids is 1. The predicted molar refractivity (Wildman–Crippen MR) is 80.9 cm³/mol. The Morgan fingerprint density at radius 2 is 1.95 bits per heavy atom. The fourth-order valence-electron chi connectivity index (χ4n) is 6.11. The quantitative estimate of drug-likeness (QED) is 0.673. The molecule has 4 nitrogen and oxygen atoms in total. The monoisotopic (exact) mass is 306 g/mol. The van der Waals surface area contributed by atoms with E-state index in [1.807, 2.05) is 0 Å². The maximum Gasteiger partial charge on any atom is 0.330 e. The number of cyclic esters (lactones) is 1. The van der Waals surface area contributed by atoms with Crippen molar-refractivity contribution in [2.45, 2.75) is 64.1 Å². The maximum absolute atomic E-state index is 11.6. The molecule has 6 atom stereocenters. The van der Waals surface area contributed by atoms with E-state index < -0.39 is 11.7 Å². The van der Waals surface area contributed by atoms with Crippen LogP contribution in [0.1, 0.15) is 52.4 Å². The largest absolute Gasteiger partial charge is 0.462 e. The molecule has 0 unspecified atom stereocenters. The van der Waals surface area contributed by atoms with E-state index in [1.54, 1.807) is 6.08 Å². The second kappa shape index (κ2) is 4.35. The van der Waals surface area contributed by atoms with Gasteiger partial charge in [0.1, 0.15) is 6.61 Å². The first-order valence-electron chi connectivity index (χ1n) is 8.59. The first-order chi connectivity index (χ1) is 10.3. The van der Waals surface area contributed by atoms with Crippen LogP contribution in [0.3, 0.4) is 0 Å². The van der Waals surface area contributed by atoms with Crippen LogP contribution in [0.2, 0.25) is 0 Å². The highest BCUT2D eigenvalue weighted by molar-refractivity contribution is 5.84. The van der Waals surface area contributed by atoms with Crippen LogP contribution >= 0.6 is 0 Å². The van der Waals surface area contributed by atoms with Gasteiger partial charge >= 0.3 is 5.97 Å². The van der Waals surface area contributed by atoms with E-state index in [9.17, 15) is 15.0 Å². The van der Waals surface area contributed by atoms with E-state index in [-0.39, 0.29) is 22.7 Å². The van der Waals surface area contributed by atoms with Gasteiger partial charge in [0.05, 0.1) is 11.7 Å². The van der Waals surface area contributed by atoms with Gasteiger partial charge in [0, 0.05) is 16.9 Å². The van der Waals surface area contributed by atoms with E-state index in [2.05, 4.69) is 13.8 Å². The first kappa shape index (κ1) is 14.7. The van der Waals surface area contributed by atoms with Crippen LogP contribution in [0.4, 0.5) is 0 Å². The standard InChI is InChI=1S/C18H26O4/c1-16-10-22-15(20)9-11(16)3-4-13-12(16)5-7-17(2)14(19)6-8-18(13,17)21/h9,12-14,19,21H,3-8,10H2,1-2H3/t12-,13+,14-,16-,17+,18+/m0/s1. The lowest BCUT2D eigenvalue weighted by atomic mass is 9.47. The molecule has 0 saturated heterocycles. The highest BCUT2D eigenvalue weighted by Gasteiger charge is 2.66. The van der Waals surface area contributed by atoms with Crippen molar-refractivity contribution in [3.05, 3.63) is 11.6 Å². The summed E-state index contributed by atoms with van der Waals surface area (Å²) in [5, 5.41) is 21.9. The summed E-state index contributed by atoms with van der Waals surface area (Å²) in [6.45, 7) is 4.70. The van der Waals surface area contributed by atoms with Crippen molar-refractivity contribution >= 4 is 5.97 Å². The summed E-state index contributed by atoms with van der Waals surface area (Å²) in [6, 6.07) is 0.